The Morgan fingerprint density at radius 3 is 2.82 bits per heavy atom. The lowest BCUT2D eigenvalue weighted by Crippen LogP contribution is -2.12. The van der Waals surface area contributed by atoms with Gasteiger partial charge in [0.2, 0.25) is 0 Å². The van der Waals surface area contributed by atoms with Crippen LogP contribution in [0.15, 0.2) is 12.2 Å². The molecular weight excluding hydrogens is 146 g/mol. The summed E-state index contributed by atoms with van der Waals surface area (Å²) in [5.74, 6) is 0. The van der Waals surface area contributed by atoms with E-state index < -0.39 is 6.09 Å². The summed E-state index contributed by atoms with van der Waals surface area (Å²) in [6, 6.07) is 0. The first-order chi connectivity index (χ1) is 5.13. The van der Waals surface area contributed by atoms with Crippen LogP contribution in [0, 0.1) is 0 Å². The Bertz CT molecular complexity index is 143. The molecule has 4 heteroatoms. The van der Waals surface area contributed by atoms with Crippen LogP contribution in [-0.4, -0.2) is 23.9 Å². The van der Waals surface area contributed by atoms with E-state index in [9.17, 15) is 4.79 Å². The van der Waals surface area contributed by atoms with E-state index in [0.717, 1.165) is 0 Å². The van der Waals surface area contributed by atoms with Crippen molar-refractivity contribution in [2.24, 2.45) is 5.73 Å². The van der Waals surface area contributed by atoms with Crippen molar-refractivity contribution in [2.45, 2.75) is 19.4 Å². The molecule has 1 amide bonds. The van der Waals surface area contributed by atoms with E-state index in [2.05, 4.69) is 4.74 Å². The number of rotatable bonds is 4. The van der Waals surface area contributed by atoms with Crippen LogP contribution in [0.5, 0.6) is 0 Å². The molecule has 3 N–H and O–H groups in total. The lowest BCUT2D eigenvalue weighted by molar-refractivity contribution is 0.169. The van der Waals surface area contributed by atoms with Crippen LogP contribution in [-0.2, 0) is 4.74 Å². The summed E-state index contributed by atoms with van der Waals surface area (Å²) >= 11 is 0. The molecule has 0 aliphatic carbocycles. The average Bonchev–Trinajstić information content (AvgIpc) is 1.85. The van der Waals surface area contributed by atoms with Crippen molar-refractivity contribution in [1.29, 1.82) is 0 Å². The molecule has 1 atom stereocenters. The van der Waals surface area contributed by atoms with Gasteiger partial charge in [-0.05, 0) is 13.3 Å². The van der Waals surface area contributed by atoms with Gasteiger partial charge in [-0.25, -0.2) is 4.79 Å². The van der Waals surface area contributed by atoms with Gasteiger partial charge in [0.25, 0.3) is 0 Å². The topological polar surface area (TPSA) is 72.6 Å². The van der Waals surface area contributed by atoms with Gasteiger partial charge in [0.1, 0.15) is 6.61 Å². The highest BCUT2D eigenvalue weighted by atomic mass is 16.5. The maximum atomic E-state index is 10.0. The number of aliphatic hydroxyl groups is 1. The third kappa shape index (κ3) is 8.97. The second-order valence-electron chi connectivity index (χ2n) is 2.19. The number of hydrogen-bond acceptors (Lipinski definition) is 3. The quantitative estimate of drug-likeness (QED) is 0.583. The number of carbonyl (C=O) groups excluding carboxylic acids is 1. The molecule has 0 radical (unpaired) electrons. The lowest BCUT2D eigenvalue weighted by Gasteiger charge is -1.96. The smallest absolute Gasteiger partial charge is 0.404 e. The summed E-state index contributed by atoms with van der Waals surface area (Å²) in [4.78, 5) is 10.0. The summed E-state index contributed by atoms with van der Waals surface area (Å²) in [5, 5.41) is 8.78. The van der Waals surface area contributed by atoms with E-state index in [4.69, 9.17) is 10.8 Å². The second kappa shape index (κ2) is 5.73. The van der Waals surface area contributed by atoms with Crippen molar-refractivity contribution in [1.82, 2.24) is 0 Å². The SMILES string of the molecule is CC(O)CC=CCOC(N)=O. The minimum absolute atomic E-state index is 0.169. The Hall–Kier alpha value is -1.03. The number of carbonyl (C=O) groups is 1. The normalized spacial score (nSPS) is 13.3. The third-order valence-electron chi connectivity index (χ3n) is 0.966. The Kier molecular flexibility index (Phi) is 5.20. The van der Waals surface area contributed by atoms with Crippen LogP contribution >= 0.6 is 0 Å². The van der Waals surface area contributed by atoms with Gasteiger partial charge < -0.3 is 15.6 Å². The summed E-state index contributed by atoms with van der Waals surface area (Å²) in [7, 11) is 0. The molecule has 0 fully saturated rings. The zero-order valence-corrected chi connectivity index (χ0v) is 6.49. The largest absolute Gasteiger partial charge is 0.445 e. The van der Waals surface area contributed by atoms with Gasteiger partial charge >= 0.3 is 6.09 Å². The van der Waals surface area contributed by atoms with E-state index in [1.807, 2.05) is 0 Å². The first-order valence-electron chi connectivity index (χ1n) is 3.38. The Balaban J connectivity index is 3.23. The number of primary amides is 1. The van der Waals surface area contributed by atoms with E-state index in [1.165, 1.54) is 0 Å². The molecule has 0 saturated heterocycles. The molecule has 0 aromatic rings. The summed E-state index contributed by atoms with van der Waals surface area (Å²) in [5.41, 5.74) is 4.69. The predicted molar refractivity (Wildman–Crippen MR) is 41.0 cm³/mol. The maximum Gasteiger partial charge on any atom is 0.404 e. The Labute approximate surface area is 65.6 Å². The number of nitrogens with two attached hydrogens (primary N) is 1. The van der Waals surface area contributed by atoms with Gasteiger partial charge in [0.05, 0.1) is 6.10 Å². The zero-order valence-electron chi connectivity index (χ0n) is 6.49. The number of aliphatic hydroxyl groups excluding tert-OH is 1. The highest BCUT2D eigenvalue weighted by Crippen LogP contribution is 1.90. The molecule has 0 aromatic heterocycles. The molecule has 0 aliphatic heterocycles. The van der Waals surface area contributed by atoms with Crippen molar-refractivity contribution < 1.29 is 14.6 Å². The van der Waals surface area contributed by atoms with Gasteiger partial charge in [0.15, 0.2) is 0 Å². The Morgan fingerprint density at radius 1 is 1.73 bits per heavy atom. The summed E-state index contributed by atoms with van der Waals surface area (Å²) < 4.78 is 4.39. The van der Waals surface area contributed by atoms with E-state index in [1.54, 1.807) is 19.1 Å². The summed E-state index contributed by atoms with van der Waals surface area (Å²) in [6.07, 6.45) is 2.78. The maximum absolute atomic E-state index is 10.0. The van der Waals surface area contributed by atoms with Crippen LogP contribution in [0.25, 0.3) is 0 Å². The predicted octanol–water partition coefficient (Wildman–Crippen LogP) is 0.409. The minimum Gasteiger partial charge on any atom is -0.445 e. The molecule has 0 saturated carbocycles. The van der Waals surface area contributed by atoms with Gasteiger partial charge in [-0.3, -0.25) is 0 Å². The number of ether oxygens (including phenoxy) is 1. The molecule has 64 valence electrons. The molecule has 0 aromatic carbocycles. The van der Waals surface area contributed by atoms with E-state index in [0.29, 0.717) is 6.42 Å². The first-order valence-corrected chi connectivity index (χ1v) is 3.38. The third-order valence-corrected chi connectivity index (χ3v) is 0.966. The fourth-order valence-corrected chi connectivity index (χ4v) is 0.491. The highest BCUT2D eigenvalue weighted by molar-refractivity contribution is 5.64. The second-order valence-corrected chi connectivity index (χ2v) is 2.19. The zero-order chi connectivity index (χ0) is 8.69. The van der Waals surface area contributed by atoms with E-state index in [-0.39, 0.29) is 12.7 Å². The van der Waals surface area contributed by atoms with Crippen LogP contribution in [0.2, 0.25) is 0 Å². The van der Waals surface area contributed by atoms with Crippen LogP contribution in [0.3, 0.4) is 0 Å². The standard InChI is InChI=1S/C7H13NO3/c1-6(9)4-2-3-5-11-7(8)10/h2-3,6,9H,4-5H2,1H3,(H2,8,10). The lowest BCUT2D eigenvalue weighted by atomic mass is 10.3. The minimum atomic E-state index is -0.785. The molecule has 4 nitrogen and oxygen atoms in total. The van der Waals surface area contributed by atoms with Gasteiger partial charge in [-0.15, -0.1) is 0 Å². The fraction of sp³-hybridized carbons (Fsp3) is 0.571. The van der Waals surface area contributed by atoms with Gasteiger partial charge in [-0.2, -0.15) is 0 Å². The average molecular weight is 159 g/mol. The van der Waals surface area contributed by atoms with Gasteiger partial charge in [0, 0.05) is 0 Å². The molecule has 11 heavy (non-hydrogen) atoms. The van der Waals surface area contributed by atoms with Crippen molar-refractivity contribution in [3.63, 3.8) is 0 Å². The summed E-state index contributed by atoms with van der Waals surface area (Å²) in [6.45, 7) is 1.85. The van der Waals surface area contributed by atoms with Crippen LogP contribution in [0.4, 0.5) is 4.79 Å². The monoisotopic (exact) mass is 159 g/mol. The van der Waals surface area contributed by atoms with Crippen molar-refractivity contribution in [3.8, 4) is 0 Å². The highest BCUT2D eigenvalue weighted by Gasteiger charge is 1.90. The molecule has 0 rings (SSSR count). The fourth-order valence-electron chi connectivity index (χ4n) is 0.491. The molecule has 0 aliphatic rings. The van der Waals surface area contributed by atoms with Crippen molar-refractivity contribution in [2.75, 3.05) is 6.61 Å². The molecule has 1 unspecified atom stereocenters. The molecule has 0 bridgehead atoms. The first kappa shape index (κ1) is 9.97. The molecule has 0 spiro atoms. The van der Waals surface area contributed by atoms with Gasteiger partial charge in [-0.1, -0.05) is 12.2 Å². The van der Waals surface area contributed by atoms with Crippen molar-refractivity contribution in [3.05, 3.63) is 12.2 Å². The number of hydrogen-bond donors (Lipinski definition) is 2. The molecular formula is C7H13NO3. The molecule has 0 heterocycles. The van der Waals surface area contributed by atoms with Crippen LogP contribution in [0.1, 0.15) is 13.3 Å². The number of amides is 1. The van der Waals surface area contributed by atoms with Crippen molar-refractivity contribution >= 4 is 6.09 Å². The van der Waals surface area contributed by atoms with E-state index >= 15 is 0 Å². The Morgan fingerprint density at radius 2 is 2.36 bits per heavy atom. The van der Waals surface area contributed by atoms with Crippen LogP contribution < -0.4 is 5.73 Å².